The van der Waals surface area contributed by atoms with Crippen molar-refractivity contribution < 1.29 is 13.2 Å². The van der Waals surface area contributed by atoms with Crippen molar-refractivity contribution >= 4 is 15.7 Å². The lowest BCUT2D eigenvalue weighted by Gasteiger charge is -2.40. The number of hydrogen-bond acceptors (Lipinski definition) is 5. The van der Waals surface area contributed by atoms with Crippen LogP contribution in [0.3, 0.4) is 0 Å². The summed E-state index contributed by atoms with van der Waals surface area (Å²) in [6, 6.07) is 1.46. The summed E-state index contributed by atoms with van der Waals surface area (Å²) in [5.41, 5.74) is 5.47. The van der Waals surface area contributed by atoms with E-state index in [-0.39, 0.29) is 22.7 Å². The molecule has 0 aromatic carbocycles. The molecule has 3 N–H and O–H groups in total. The number of ether oxygens (including phenoxy) is 1. The Morgan fingerprint density at radius 3 is 2.78 bits per heavy atom. The van der Waals surface area contributed by atoms with E-state index >= 15 is 0 Å². The molecule has 1 aromatic heterocycles. The van der Waals surface area contributed by atoms with Crippen LogP contribution in [0.1, 0.15) is 19.3 Å². The van der Waals surface area contributed by atoms with Gasteiger partial charge in [0.1, 0.15) is 4.90 Å². The second kappa shape index (κ2) is 4.83. The SMILES string of the molecule is COC1(CNS(=O)(=O)c2cnccc2N)CCC1. The van der Waals surface area contributed by atoms with Gasteiger partial charge in [0.15, 0.2) is 0 Å². The van der Waals surface area contributed by atoms with Crippen LogP contribution in [-0.2, 0) is 14.8 Å². The Balaban J connectivity index is 2.11. The lowest BCUT2D eigenvalue weighted by molar-refractivity contribution is -0.0659. The molecular formula is C11H17N3O3S. The molecule has 0 saturated heterocycles. The highest BCUT2D eigenvalue weighted by Crippen LogP contribution is 2.34. The summed E-state index contributed by atoms with van der Waals surface area (Å²) < 4.78 is 32.0. The molecule has 1 heterocycles. The second-order valence-corrected chi connectivity index (χ2v) is 6.21. The molecule has 1 aromatic rings. The molecule has 0 unspecified atom stereocenters. The van der Waals surface area contributed by atoms with Crippen molar-refractivity contribution in [1.82, 2.24) is 9.71 Å². The molecule has 6 nitrogen and oxygen atoms in total. The van der Waals surface area contributed by atoms with Gasteiger partial charge in [0, 0.05) is 26.0 Å². The lowest BCUT2D eigenvalue weighted by Crippen LogP contribution is -2.49. The van der Waals surface area contributed by atoms with Crippen LogP contribution in [0.2, 0.25) is 0 Å². The largest absolute Gasteiger partial charge is 0.398 e. The molecule has 1 fully saturated rings. The number of nitrogens with one attached hydrogen (secondary N) is 1. The summed E-state index contributed by atoms with van der Waals surface area (Å²) in [5, 5.41) is 0. The van der Waals surface area contributed by atoms with Gasteiger partial charge >= 0.3 is 0 Å². The van der Waals surface area contributed by atoms with Gasteiger partial charge in [-0.2, -0.15) is 0 Å². The molecule has 0 radical (unpaired) electrons. The van der Waals surface area contributed by atoms with Crippen LogP contribution >= 0.6 is 0 Å². The van der Waals surface area contributed by atoms with Gasteiger partial charge in [-0.3, -0.25) is 4.98 Å². The molecule has 100 valence electrons. The zero-order chi connectivity index (χ0) is 13.2. The van der Waals surface area contributed by atoms with Crippen LogP contribution < -0.4 is 10.5 Å². The average Bonchev–Trinajstić information content (AvgIpc) is 2.28. The minimum absolute atomic E-state index is 0.00979. The maximum atomic E-state index is 12.1. The highest BCUT2D eigenvalue weighted by molar-refractivity contribution is 7.89. The van der Waals surface area contributed by atoms with Gasteiger partial charge in [0.05, 0.1) is 11.3 Å². The second-order valence-electron chi connectivity index (χ2n) is 4.48. The predicted octanol–water partition coefficient (Wildman–Crippen LogP) is 0.511. The van der Waals surface area contributed by atoms with Gasteiger partial charge in [-0.1, -0.05) is 0 Å². The van der Waals surface area contributed by atoms with E-state index in [9.17, 15) is 8.42 Å². The number of methoxy groups -OCH3 is 1. The van der Waals surface area contributed by atoms with Crippen molar-refractivity contribution in [3.8, 4) is 0 Å². The van der Waals surface area contributed by atoms with Crippen LogP contribution in [0.25, 0.3) is 0 Å². The van der Waals surface area contributed by atoms with Crippen LogP contribution in [0.4, 0.5) is 5.69 Å². The Hall–Kier alpha value is -1.18. The number of sulfonamides is 1. The fourth-order valence-electron chi connectivity index (χ4n) is 1.94. The fraction of sp³-hybridized carbons (Fsp3) is 0.545. The standard InChI is InChI=1S/C11H17N3O3S/c1-17-11(4-2-5-11)8-14-18(15,16)10-7-13-6-3-9(10)12/h3,6-7,14H,2,4-5,8H2,1H3,(H2,12,13). The first kappa shape index (κ1) is 13.3. The van der Waals surface area contributed by atoms with Gasteiger partial charge in [-0.15, -0.1) is 0 Å². The molecule has 2 rings (SSSR count). The van der Waals surface area contributed by atoms with E-state index in [1.54, 1.807) is 7.11 Å². The fourth-order valence-corrected chi connectivity index (χ4v) is 3.13. The molecule has 7 heteroatoms. The van der Waals surface area contributed by atoms with Crippen molar-refractivity contribution in [2.24, 2.45) is 0 Å². The Kier molecular flexibility index (Phi) is 3.56. The summed E-state index contributed by atoms with van der Waals surface area (Å²) in [5.74, 6) is 0. The van der Waals surface area contributed by atoms with Crippen molar-refractivity contribution in [2.45, 2.75) is 29.8 Å². The summed E-state index contributed by atoms with van der Waals surface area (Å²) in [6.07, 6.45) is 5.50. The normalized spacial score (nSPS) is 18.3. The Bertz CT molecular complexity index is 521. The van der Waals surface area contributed by atoms with Crippen LogP contribution in [0, 0.1) is 0 Å². The summed E-state index contributed by atoms with van der Waals surface area (Å²) >= 11 is 0. The number of anilines is 1. The molecule has 0 bridgehead atoms. The van der Waals surface area contributed by atoms with Crippen LogP contribution in [0.15, 0.2) is 23.4 Å². The van der Waals surface area contributed by atoms with Crippen molar-refractivity contribution in [3.05, 3.63) is 18.5 Å². The first-order chi connectivity index (χ1) is 8.49. The zero-order valence-electron chi connectivity index (χ0n) is 10.2. The summed E-state index contributed by atoms with van der Waals surface area (Å²) in [4.78, 5) is 3.79. The molecule has 0 spiro atoms. The minimum atomic E-state index is -3.63. The number of nitrogens with two attached hydrogens (primary N) is 1. The van der Waals surface area contributed by atoms with Crippen molar-refractivity contribution in [3.63, 3.8) is 0 Å². The zero-order valence-corrected chi connectivity index (χ0v) is 11.0. The van der Waals surface area contributed by atoms with Crippen molar-refractivity contribution in [1.29, 1.82) is 0 Å². The maximum Gasteiger partial charge on any atom is 0.244 e. The monoisotopic (exact) mass is 271 g/mol. The molecule has 18 heavy (non-hydrogen) atoms. The quantitative estimate of drug-likeness (QED) is 0.813. The minimum Gasteiger partial charge on any atom is -0.398 e. The average molecular weight is 271 g/mol. The van der Waals surface area contributed by atoms with Crippen molar-refractivity contribution in [2.75, 3.05) is 19.4 Å². The molecule has 0 atom stereocenters. The van der Waals surface area contributed by atoms with Crippen LogP contribution in [-0.4, -0.2) is 32.7 Å². The number of aromatic nitrogens is 1. The van der Waals surface area contributed by atoms with Crippen LogP contribution in [0.5, 0.6) is 0 Å². The number of nitrogens with zero attached hydrogens (tertiary/aromatic N) is 1. The predicted molar refractivity (Wildman–Crippen MR) is 67.4 cm³/mol. The number of rotatable bonds is 5. The molecule has 1 saturated carbocycles. The summed E-state index contributed by atoms with van der Waals surface area (Å²) in [7, 11) is -2.02. The number of hydrogen-bond donors (Lipinski definition) is 2. The van der Waals surface area contributed by atoms with E-state index in [1.165, 1.54) is 18.5 Å². The third-order valence-corrected chi connectivity index (χ3v) is 4.83. The van der Waals surface area contributed by atoms with E-state index in [0.29, 0.717) is 0 Å². The molecule has 1 aliphatic rings. The van der Waals surface area contributed by atoms with Gasteiger partial charge in [0.25, 0.3) is 0 Å². The highest BCUT2D eigenvalue weighted by Gasteiger charge is 2.38. The van der Waals surface area contributed by atoms with E-state index < -0.39 is 10.0 Å². The lowest BCUT2D eigenvalue weighted by atomic mass is 9.80. The maximum absolute atomic E-state index is 12.1. The van der Waals surface area contributed by atoms with E-state index in [2.05, 4.69) is 9.71 Å². The molecule has 1 aliphatic carbocycles. The highest BCUT2D eigenvalue weighted by atomic mass is 32.2. The first-order valence-electron chi connectivity index (χ1n) is 5.73. The first-order valence-corrected chi connectivity index (χ1v) is 7.22. The van der Waals surface area contributed by atoms with E-state index in [4.69, 9.17) is 10.5 Å². The van der Waals surface area contributed by atoms with Gasteiger partial charge in [0.2, 0.25) is 10.0 Å². The van der Waals surface area contributed by atoms with Gasteiger partial charge in [-0.05, 0) is 25.3 Å². The van der Waals surface area contributed by atoms with E-state index in [0.717, 1.165) is 19.3 Å². The van der Waals surface area contributed by atoms with Gasteiger partial charge < -0.3 is 10.5 Å². The topological polar surface area (TPSA) is 94.3 Å². The molecule has 0 amide bonds. The summed E-state index contributed by atoms with van der Waals surface area (Å²) in [6.45, 7) is 0.264. The third kappa shape index (κ3) is 2.47. The number of pyridine rings is 1. The van der Waals surface area contributed by atoms with Gasteiger partial charge in [-0.25, -0.2) is 13.1 Å². The third-order valence-electron chi connectivity index (χ3n) is 3.39. The Morgan fingerprint density at radius 1 is 1.56 bits per heavy atom. The molecule has 0 aliphatic heterocycles. The number of nitrogen functional groups attached to an aromatic ring is 1. The van der Waals surface area contributed by atoms with E-state index in [1.807, 2.05) is 0 Å². The smallest absolute Gasteiger partial charge is 0.244 e. The Labute approximate surface area is 107 Å². The molecular weight excluding hydrogens is 254 g/mol. The Morgan fingerprint density at radius 2 is 2.28 bits per heavy atom.